The molecule has 4 rings (SSSR count). The number of fused-ring (bicyclic) bond motifs is 5. The molecular formula is C20H29IN6O3. The van der Waals surface area contributed by atoms with E-state index in [1.54, 1.807) is 14.0 Å². The van der Waals surface area contributed by atoms with Crippen LogP contribution in [0.4, 0.5) is 0 Å². The van der Waals surface area contributed by atoms with Gasteiger partial charge in [0.25, 0.3) is 0 Å². The number of amides is 2. The molecule has 2 heterocycles. The highest BCUT2D eigenvalue weighted by Crippen LogP contribution is 2.52. The number of halogens is 1. The molecule has 1 saturated heterocycles. The largest absolute Gasteiger partial charge is 0.356 e. The second-order valence-electron chi connectivity index (χ2n) is 7.95. The molecule has 2 aliphatic carbocycles. The van der Waals surface area contributed by atoms with Crippen LogP contribution in [0, 0.1) is 30.6 Å². The quantitative estimate of drug-likeness (QED) is 0.131. The maximum absolute atomic E-state index is 12.7. The summed E-state index contributed by atoms with van der Waals surface area (Å²) in [7, 11) is 1.72. The number of aliphatic imine (C=N–C) groups is 1. The lowest BCUT2D eigenvalue weighted by Gasteiger charge is -2.18. The van der Waals surface area contributed by atoms with E-state index in [-0.39, 0.29) is 59.5 Å². The molecule has 0 spiro atoms. The van der Waals surface area contributed by atoms with Crippen LogP contribution in [-0.2, 0) is 16.0 Å². The Hall–Kier alpha value is -1.98. The van der Waals surface area contributed by atoms with E-state index in [0.29, 0.717) is 43.6 Å². The minimum atomic E-state index is -0.109. The van der Waals surface area contributed by atoms with E-state index in [0.717, 1.165) is 19.4 Å². The maximum Gasteiger partial charge on any atom is 0.233 e. The van der Waals surface area contributed by atoms with Crippen LogP contribution in [-0.4, -0.2) is 59.5 Å². The van der Waals surface area contributed by atoms with Crippen molar-refractivity contribution in [2.24, 2.45) is 28.7 Å². The number of nitrogens with one attached hydrogen (secondary N) is 2. The Labute approximate surface area is 193 Å². The summed E-state index contributed by atoms with van der Waals surface area (Å²) in [6.45, 7) is 3.63. The van der Waals surface area contributed by atoms with Crippen molar-refractivity contribution >= 4 is 41.8 Å². The SMILES string of the molecule is CN=C(NCCCc1nc(C)no1)NCCCN1C(=O)C2C3C=CC(C3)C2C1=O.I. The zero-order valence-corrected chi connectivity index (χ0v) is 19.7. The lowest BCUT2D eigenvalue weighted by molar-refractivity contribution is -0.140. The summed E-state index contributed by atoms with van der Waals surface area (Å²) in [6.07, 6.45) is 7.47. The van der Waals surface area contributed by atoms with Gasteiger partial charge in [0, 0.05) is 33.1 Å². The highest BCUT2D eigenvalue weighted by atomic mass is 127. The van der Waals surface area contributed by atoms with Gasteiger partial charge >= 0.3 is 0 Å². The van der Waals surface area contributed by atoms with Crippen molar-refractivity contribution in [2.75, 3.05) is 26.7 Å². The van der Waals surface area contributed by atoms with E-state index in [1.807, 2.05) is 0 Å². The van der Waals surface area contributed by atoms with E-state index in [9.17, 15) is 9.59 Å². The number of carbonyl (C=O) groups excluding carboxylic acids is 2. The van der Waals surface area contributed by atoms with E-state index in [2.05, 4.69) is 37.9 Å². The first-order valence-corrected chi connectivity index (χ1v) is 10.4. The maximum atomic E-state index is 12.7. The Morgan fingerprint density at radius 3 is 2.37 bits per heavy atom. The van der Waals surface area contributed by atoms with Gasteiger partial charge in [-0.1, -0.05) is 17.3 Å². The summed E-state index contributed by atoms with van der Waals surface area (Å²) >= 11 is 0. The highest BCUT2D eigenvalue weighted by Gasteiger charge is 2.58. The minimum Gasteiger partial charge on any atom is -0.356 e. The topological polar surface area (TPSA) is 113 Å². The average Bonchev–Trinajstić information content (AvgIpc) is 3.47. The molecule has 1 aromatic rings. The number of guanidine groups is 1. The number of imide groups is 1. The molecule has 4 atom stereocenters. The smallest absolute Gasteiger partial charge is 0.233 e. The van der Waals surface area contributed by atoms with Gasteiger partial charge < -0.3 is 15.2 Å². The van der Waals surface area contributed by atoms with Crippen molar-refractivity contribution in [1.82, 2.24) is 25.7 Å². The predicted molar refractivity (Wildman–Crippen MR) is 121 cm³/mol. The van der Waals surface area contributed by atoms with Crippen molar-refractivity contribution in [3.63, 3.8) is 0 Å². The number of hydrogen-bond acceptors (Lipinski definition) is 6. The molecule has 2 N–H and O–H groups in total. The van der Waals surface area contributed by atoms with Crippen LogP contribution in [0.15, 0.2) is 21.7 Å². The molecule has 1 saturated carbocycles. The third-order valence-electron chi connectivity index (χ3n) is 6.07. The summed E-state index contributed by atoms with van der Waals surface area (Å²) in [5.74, 6) is 2.35. The number of rotatable bonds is 8. The highest BCUT2D eigenvalue weighted by molar-refractivity contribution is 14.0. The van der Waals surface area contributed by atoms with Crippen molar-refractivity contribution in [3.8, 4) is 0 Å². The van der Waals surface area contributed by atoms with Crippen molar-refractivity contribution < 1.29 is 14.1 Å². The number of aryl methyl sites for hydroxylation is 2. The molecule has 30 heavy (non-hydrogen) atoms. The molecule has 9 nitrogen and oxygen atoms in total. The van der Waals surface area contributed by atoms with Gasteiger partial charge in [-0.3, -0.25) is 19.5 Å². The zero-order chi connectivity index (χ0) is 20.4. The molecular weight excluding hydrogens is 499 g/mol. The molecule has 0 aromatic carbocycles. The van der Waals surface area contributed by atoms with Crippen LogP contribution < -0.4 is 10.6 Å². The number of carbonyl (C=O) groups is 2. The lowest BCUT2D eigenvalue weighted by Crippen LogP contribution is -2.40. The molecule has 164 valence electrons. The fraction of sp³-hybridized carbons (Fsp3) is 0.650. The van der Waals surface area contributed by atoms with Gasteiger partial charge in [-0.25, -0.2) is 0 Å². The van der Waals surface area contributed by atoms with Crippen LogP contribution in [0.1, 0.15) is 31.0 Å². The number of nitrogens with zero attached hydrogens (tertiary/aromatic N) is 4. The Bertz CT molecular complexity index is 808. The Morgan fingerprint density at radius 1 is 1.17 bits per heavy atom. The summed E-state index contributed by atoms with van der Waals surface area (Å²) in [4.78, 5) is 35.2. The Kier molecular flexibility index (Phi) is 7.48. The molecule has 1 aliphatic heterocycles. The van der Waals surface area contributed by atoms with E-state index >= 15 is 0 Å². The predicted octanol–water partition coefficient (Wildman–Crippen LogP) is 1.29. The van der Waals surface area contributed by atoms with Crippen LogP contribution in [0.25, 0.3) is 0 Å². The summed E-state index contributed by atoms with van der Waals surface area (Å²) in [5, 5.41) is 10.2. The number of hydrogen-bond donors (Lipinski definition) is 2. The molecule has 3 aliphatic rings. The zero-order valence-electron chi connectivity index (χ0n) is 17.3. The molecule has 0 radical (unpaired) electrons. The third kappa shape index (κ3) is 4.52. The van der Waals surface area contributed by atoms with Crippen LogP contribution >= 0.6 is 24.0 Å². The van der Waals surface area contributed by atoms with E-state index in [4.69, 9.17) is 4.52 Å². The Morgan fingerprint density at radius 2 is 1.80 bits per heavy atom. The summed E-state index contributed by atoms with van der Waals surface area (Å²) in [5.41, 5.74) is 0. The van der Waals surface area contributed by atoms with Gasteiger partial charge in [-0.2, -0.15) is 4.98 Å². The van der Waals surface area contributed by atoms with Gasteiger partial charge in [-0.05, 0) is 38.0 Å². The van der Waals surface area contributed by atoms with Crippen molar-refractivity contribution in [2.45, 2.75) is 32.6 Å². The van der Waals surface area contributed by atoms with Gasteiger partial charge in [0.1, 0.15) is 0 Å². The minimum absolute atomic E-state index is 0. The first kappa shape index (κ1) is 22.7. The standard InChI is InChI=1S/C20H28N6O3.HI/c1-12-24-15(29-25-12)5-3-8-22-20(21-2)23-9-4-10-26-18(27)16-13-6-7-14(11-13)17(16)19(26)28;/h6-7,13-14,16-17H,3-5,8-11H2,1-2H3,(H2,21,22,23);1H. The van der Waals surface area contributed by atoms with Crippen molar-refractivity contribution in [1.29, 1.82) is 0 Å². The average molecular weight is 528 g/mol. The van der Waals surface area contributed by atoms with Crippen LogP contribution in [0.3, 0.4) is 0 Å². The Balaban J connectivity index is 0.00000256. The van der Waals surface area contributed by atoms with E-state index in [1.165, 1.54) is 4.90 Å². The third-order valence-corrected chi connectivity index (χ3v) is 6.07. The second kappa shape index (κ2) is 9.88. The number of allylic oxidation sites excluding steroid dienone is 2. The normalized spacial score (nSPS) is 26.9. The fourth-order valence-electron chi connectivity index (χ4n) is 4.74. The van der Waals surface area contributed by atoms with Gasteiger partial charge in [0.15, 0.2) is 11.8 Å². The molecule has 4 unspecified atom stereocenters. The van der Waals surface area contributed by atoms with Gasteiger partial charge in [0.05, 0.1) is 11.8 Å². The molecule has 10 heteroatoms. The molecule has 2 bridgehead atoms. The summed E-state index contributed by atoms with van der Waals surface area (Å²) in [6, 6.07) is 0. The molecule has 2 fully saturated rings. The van der Waals surface area contributed by atoms with E-state index < -0.39 is 0 Å². The van der Waals surface area contributed by atoms with Gasteiger partial charge in [-0.15, -0.1) is 24.0 Å². The fourth-order valence-corrected chi connectivity index (χ4v) is 4.74. The second-order valence-corrected chi connectivity index (χ2v) is 7.95. The molecule has 1 aromatic heterocycles. The summed E-state index contributed by atoms with van der Waals surface area (Å²) < 4.78 is 5.09. The first-order valence-electron chi connectivity index (χ1n) is 10.4. The first-order chi connectivity index (χ1) is 14.1. The lowest BCUT2D eigenvalue weighted by atomic mass is 9.85. The van der Waals surface area contributed by atoms with Crippen LogP contribution in [0.2, 0.25) is 0 Å². The number of aromatic nitrogens is 2. The number of likely N-dealkylation sites (tertiary alicyclic amines) is 1. The molecule has 2 amide bonds. The van der Waals surface area contributed by atoms with Crippen molar-refractivity contribution in [3.05, 3.63) is 23.9 Å². The monoisotopic (exact) mass is 528 g/mol. The van der Waals surface area contributed by atoms with Gasteiger partial charge in [0.2, 0.25) is 17.7 Å². The van der Waals surface area contributed by atoms with Crippen LogP contribution in [0.5, 0.6) is 0 Å².